The van der Waals surface area contributed by atoms with Crippen LogP contribution in [0.2, 0.25) is 0 Å². The summed E-state index contributed by atoms with van der Waals surface area (Å²) >= 11 is 0. The molecular weight excluding hydrogens is 359 g/mol. The standard InChI is InChI=1S/5Al.3BO3.3O/c;;;;;3*2-1(3)4;;;/q5*+3;3*-3;3*-2. The summed E-state index contributed by atoms with van der Waals surface area (Å²) in [5, 5.41) is 75.8. The van der Waals surface area contributed by atoms with Crippen molar-refractivity contribution in [1.29, 1.82) is 0 Å². The van der Waals surface area contributed by atoms with Gasteiger partial charge in [0.15, 0.2) is 0 Å². The molecule has 0 heterocycles. The third-order valence-electron chi connectivity index (χ3n) is 0. The third-order valence-corrected chi connectivity index (χ3v) is 0. The summed E-state index contributed by atoms with van der Waals surface area (Å²) in [4.78, 5) is 0. The Hall–Kier alpha value is 2.38. The Kier molecular flexibility index (Phi) is 271. The van der Waals surface area contributed by atoms with Gasteiger partial charge in [-0.05, 0) is 0 Å². The van der Waals surface area contributed by atoms with Crippen LogP contribution < -0.4 is 45.2 Å². The molecule has 0 fully saturated rings. The molecule has 0 atom stereocenters. The van der Waals surface area contributed by atoms with Crippen LogP contribution in [0.4, 0.5) is 0 Å². The Morgan fingerprint density at radius 2 is 0.300 bits per heavy atom. The fraction of sp³-hybridized carbons (Fsp3) is 0. The van der Waals surface area contributed by atoms with Crippen LogP contribution in [0, 0.1) is 0 Å². The molecule has 0 amide bonds. The van der Waals surface area contributed by atoms with E-state index in [9.17, 15) is 0 Å². The second kappa shape index (κ2) is 68.6. The van der Waals surface area contributed by atoms with E-state index in [1.54, 1.807) is 0 Å². The van der Waals surface area contributed by atoms with Crippen LogP contribution in [-0.2, 0) is 16.4 Å². The topological polar surface area (TPSA) is 293 Å². The predicted octanol–water partition coefficient (Wildman–Crippen LogP) is -14.1. The van der Waals surface area contributed by atoms with Gasteiger partial charge in [0.2, 0.25) is 0 Å². The molecule has 0 unspecified atom stereocenters. The van der Waals surface area contributed by atoms with Crippen molar-refractivity contribution < 1.29 is 61.6 Å². The van der Waals surface area contributed by atoms with Gasteiger partial charge in [-0.15, -0.1) is 0 Å². The van der Waals surface area contributed by atoms with Gasteiger partial charge in [-0.3, -0.25) is 22.0 Å². The quantitative estimate of drug-likeness (QED) is 0.370. The molecule has 0 rings (SSSR count). The molecule has 20 heavy (non-hydrogen) atoms. The molecule has 0 aromatic rings. The summed E-state index contributed by atoms with van der Waals surface area (Å²) in [6.07, 6.45) is 0. The van der Waals surface area contributed by atoms with Crippen molar-refractivity contribution >= 4 is 109 Å². The van der Waals surface area contributed by atoms with Crippen molar-refractivity contribution in [3.8, 4) is 0 Å². The van der Waals surface area contributed by atoms with Gasteiger partial charge in [-0.1, -0.05) is 0 Å². The zero-order chi connectivity index (χ0) is 10.7. The molecule has 0 aliphatic rings. The van der Waals surface area contributed by atoms with E-state index in [1.165, 1.54) is 0 Å². The monoisotopic (exact) mass is 360 g/mol. The summed E-state index contributed by atoms with van der Waals surface area (Å²) in [5.41, 5.74) is 0. The summed E-state index contributed by atoms with van der Waals surface area (Å²) in [7, 11) is -8.75. The zero-order valence-corrected chi connectivity index (χ0v) is 15.3. The van der Waals surface area contributed by atoms with Crippen molar-refractivity contribution in [3.63, 3.8) is 0 Å². The maximum atomic E-state index is 8.42. The van der Waals surface area contributed by atoms with Crippen LogP contribution in [-0.4, -0.2) is 109 Å². The minimum absolute atomic E-state index is 0. The van der Waals surface area contributed by atoms with Gasteiger partial charge in [0.1, 0.15) is 0 Å². The molecule has 0 aliphatic heterocycles. The largest absolute Gasteiger partial charge is 3.00 e. The van der Waals surface area contributed by atoms with Crippen molar-refractivity contribution in [3.05, 3.63) is 0 Å². The smallest absolute Gasteiger partial charge is 2.00 e. The van der Waals surface area contributed by atoms with Crippen LogP contribution in [0.5, 0.6) is 0 Å². The molecular formula is Al5B3O12. The van der Waals surface area contributed by atoms with Gasteiger partial charge in [0.25, 0.3) is 0 Å². The second-order valence-corrected chi connectivity index (χ2v) is 0.866. The third kappa shape index (κ3) is 1350. The van der Waals surface area contributed by atoms with Gasteiger partial charge in [0, 0.05) is 0 Å². The Morgan fingerprint density at radius 1 is 0.300 bits per heavy atom. The van der Waals surface area contributed by atoms with Crippen molar-refractivity contribution in [2.75, 3.05) is 0 Å². The van der Waals surface area contributed by atoms with E-state index in [-0.39, 0.29) is 103 Å². The van der Waals surface area contributed by atoms with Crippen LogP contribution >= 0.6 is 0 Å². The van der Waals surface area contributed by atoms with E-state index in [4.69, 9.17) is 45.2 Å². The summed E-state index contributed by atoms with van der Waals surface area (Å²) < 4.78 is 0. The Balaban J connectivity index is -0.00000000562. The second-order valence-electron chi connectivity index (χ2n) is 0.866. The van der Waals surface area contributed by atoms with Gasteiger partial charge < -0.3 is 61.6 Å². The molecule has 12 nitrogen and oxygen atoms in total. The van der Waals surface area contributed by atoms with Crippen molar-refractivity contribution in [1.82, 2.24) is 0 Å². The molecule has 0 bridgehead atoms. The molecule has 0 saturated carbocycles. The first-order valence-corrected chi connectivity index (χ1v) is 2.12. The first-order chi connectivity index (χ1) is 5.20. The molecule has 0 radical (unpaired) electrons. The summed E-state index contributed by atoms with van der Waals surface area (Å²) in [5.74, 6) is 0. The molecule has 20 heteroatoms. The van der Waals surface area contributed by atoms with Crippen LogP contribution in [0.1, 0.15) is 0 Å². The predicted molar refractivity (Wildman–Crippen MR) is 48.1 cm³/mol. The number of hydrogen-bond donors (Lipinski definition) is 0. The number of rotatable bonds is 0. The van der Waals surface area contributed by atoms with Crippen LogP contribution in [0.15, 0.2) is 0 Å². The Labute approximate surface area is 169 Å². The average Bonchev–Trinajstić information content (AvgIpc) is 1.54. The van der Waals surface area contributed by atoms with E-state index in [1.807, 2.05) is 0 Å². The molecule has 0 aliphatic carbocycles. The summed E-state index contributed by atoms with van der Waals surface area (Å²) in [6, 6.07) is 0. The zero-order valence-electron chi connectivity index (χ0n) is 9.52. The van der Waals surface area contributed by atoms with Crippen LogP contribution in [0.25, 0.3) is 0 Å². The van der Waals surface area contributed by atoms with Crippen molar-refractivity contribution in [2.45, 2.75) is 0 Å². The molecule has 0 N–H and O–H groups in total. The molecule has 96 valence electrons. The van der Waals surface area contributed by atoms with E-state index in [2.05, 4.69) is 0 Å². The fourth-order valence-corrected chi connectivity index (χ4v) is 0. The van der Waals surface area contributed by atoms with Crippen LogP contribution in [0.3, 0.4) is 0 Å². The van der Waals surface area contributed by atoms with Gasteiger partial charge in [-0.2, -0.15) is 0 Å². The van der Waals surface area contributed by atoms with E-state index in [0.717, 1.165) is 0 Å². The van der Waals surface area contributed by atoms with Gasteiger partial charge in [-0.25, -0.2) is 0 Å². The van der Waals surface area contributed by atoms with E-state index >= 15 is 0 Å². The molecule has 0 saturated heterocycles. The molecule has 0 aromatic carbocycles. The molecule has 0 aromatic heterocycles. The Bertz CT molecular complexity index is 55.6. The first kappa shape index (κ1) is 79.0. The minimum Gasteiger partial charge on any atom is -2.00 e. The van der Waals surface area contributed by atoms with E-state index < -0.39 is 22.0 Å². The molecule has 0 spiro atoms. The Morgan fingerprint density at radius 3 is 0.300 bits per heavy atom. The first-order valence-electron chi connectivity index (χ1n) is 2.12. The number of hydrogen-bond acceptors (Lipinski definition) is 9. The van der Waals surface area contributed by atoms with E-state index in [0.29, 0.717) is 0 Å². The SMILES string of the molecule is [Al+3].[Al+3].[Al+3].[Al+3].[Al+3].[O-2].[O-2].[O-2].[O-]B([O-])[O-].[O-]B([O-])[O-].[O-]B([O-])[O-]. The van der Waals surface area contributed by atoms with Gasteiger partial charge in [0.05, 0.1) is 0 Å². The maximum Gasteiger partial charge on any atom is 3.00 e. The minimum atomic E-state index is -2.92. The van der Waals surface area contributed by atoms with Gasteiger partial charge >= 0.3 is 86.8 Å². The summed E-state index contributed by atoms with van der Waals surface area (Å²) in [6.45, 7) is 0. The fourth-order valence-electron chi connectivity index (χ4n) is 0. The maximum absolute atomic E-state index is 8.42. The average molecular weight is 359 g/mol. The normalized spacial score (nSPS) is 4.05. The van der Waals surface area contributed by atoms with Crippen molar-refractivity contribution in [2.24, 2.45) is 0 Å².